The molecule has 0 bridgehead atoms. The van der Waals surface area contributed by atoms with Gasteiger partial charge >= 0.3 is 0 Å². The lowest BCUT2D eigenvalue weighted by molar-refractivity contribution is 0.276. The van der Waals surface area contributed by atoms with E-state index in [0.717, 1.165) is 26.9 Å². The van der Waals surface area contributed by atoms with Crippen molar-refractivity contribution in [2.75, 3.05) is 0 Å². The molecule has 2 aromatic rings. The van der Waals surface area contributed by atoms with E-state index < -0.39 is 0 Å². The third-order valence-electron chi connectivity index (χ3n) is 2.78. The van der Waals surface area contributed by atoms with Gasteiger partial charge in [-0.2, -0.15) is 0 Å². The second-order valence-corrected chi connectivity index (χ2v) is 5.03. The molecule has 2 nitrogen and oxygen atoms in total. The van der Waals surface area contributed by atoms with Crippen molar-refractivity contribution < 1.29 is 9.84 Å². The number of aliphatic hydroxyl groups is 1. The highest BCUT2D eigenvalue weighted by molar-refractivity contribution is 9.10. The first-order valence-corrected chi connectivity index (χ1v) is 6.54. The molecule has 1 N–H and O–H groups in total. The van der Waals surface area contributed by atoms with Gasteiger partial charge in [0.15, 0.2) is 0 Å². The van der Waals surface area contributed by atoms with Crippen molar-refractivity contribution in [2.24, 2.45) is 0 Å². The number of benzene rings is 2. The maximum Gasteiger partial charge on any atom is 0.132 e. The standard InChI is InChI=1S/C15H15BrO2/c1-10-7-13(8-11(2)15(10)16)18-14-6-4-3-5-12(14)9-17/h3-8,17H,9H2,1-2H3. The number of hydrogen-bond acceptors (Lipinski definition) is 2. The van der Waals surface area contributed by atoms with E-state index >= 15 is 0 Å². The molecule has 0 aliphatic rings. The van der Waals surface area contributed by atoms with Crippen molar-refractivity contribution >= 4 is 15.9 Å². The normalized spacial score (nSPS) is 10.4. The molecule has 0 aromatic heterocycles. The van der Waals surface area contributed by atoms with Crippen LogP contribution in [0.3, 0.4) is 0 Å². The van der Waals surface area contributed by atoms with E-state index in [2.05, 4.69) is 15.9 Å². The summed E-state index contributed by atoms with van der Waals surface area (Å²) in [5.74, 6) is 1.48. The van der Waals surface area contributed by atoms with Gasteiger partial charge in [0, 0.05) is 10.0 Å². The molecule has 18 heavy (non-hydrogen) atoms. The fraction of sp³-hybridized carbons (Fsp3) is 0.200. The number of rotatable bonds is 3. The van der Waals surface area contributed by atoms with Crippen molar-refractivity contribution in [2.45, 2.75) is 20.5 Å². The van der Waals surface area contributed by atoms with Gasteiger partial charge < -0.3 is 9.84 Å². The van der Waals surface area contributed by atoms with Crippen LogP contribution in [0.5, 0.6) is 11.5 Å². The topological polar surface area (TPSA) is 29.5 Å². The average Bonchev–Trinajstić information content (AvgIpc) is 2.36. The molecule has 0 radical (unpaired) electrons. The van der Waals surface area contributed by atoms with Crippen LogP contribution in [0.4, 0.5) is 0 Å². The number of aliphatic hydroxyl groups excluding tert-OH is 1. The Hall–Kier alpha value is -1.32. The van der Waals surface area contributed by atoms with Crippen molar-refractivity contribution in [3.05, 3.63) is 57.6 Å². The van der Waals surface area contributed by atoms with Crippen LogP contribution < -0.4 is 4.74 Å². The number of hydrogen-bond donors (Lipinski definition) is 1. The van der Waals surface area contributed by atoms with Gasteiger partial charge in [0.25, 0.3) is 0 Å². The van der Waals surface area contributed by atoms with Gasteiger partial charge in [-0.1, -0.05) is 34.1 Å². The molecule has 0 aliphatic heterocycles. The summed E-state index contributed by atoms with van der Waals surface area (Å²) in [5.41, 5.74) is 3.05. The summed E-state index contributed by atoms with van der Waals surface area (Å²) in [6.07, 6.45) is 0. The maximum absolute atomic E-state index is 9.26. The van der Waals surface area contributed by atoms with Gasteiger partial charge in [-0.3, -0.25) is 0 Å². The lowest BCUT2D eigenvalue weighted by atomic mass is 10.1. The first-order valence-electron chi connectivity index (χ1n) is 5.75. The Labute approximate surface area is 115 Å². The Bertz CT molecular complexity index is 541. The number of aryl methyl sites for hydroxylation is 2. The molecule has 0 heterocycles. The molecular formula is C15H15BrO2. The molecule has 2 aromatic carbocycles. The summed E-state index contributed by atoms with van der Waals surface area (Å²) in [4.78, 5) is 0. The first kappa shape index (κ1) is 13.1. The molecule has 0 amide bonds. The molecule has 0 saturated heterocycles. The minimum atomic E-state index is -0.0231. The Morgan fingerprint density at radius 2 is 1.72 bits per heavy atom. The maximum atomic E-state index is 9.26. The minimum Gasteiger partial charge on any atom is -0.457 e. The predicted octanol–water partition coefficient (Wildman–Crippen LogP) is 4.35. The summed E-state index contributed by atoms with van der Waals surface area (Å²) in [6.45, 7) is 4.04. The molecule has 0 fully saturated rings. The van der Waals surface area contributed by atoms with Crippen molar-refractivity contribution in [3.8, 4) is 11.5 Å². The highest BCUT2D eigenvalue weighted by Crippen LogP contribution is 2.30. The number of para-hydroxylation sites is 1. The molecular weight excluding hydrogens is 292 g/mol. The van der Waals surface area contributed by atoms with E-state index in [-0.39, 0.29) is 6.61 Å². The number of ether oxygens (including phenoxy) is 1. The lowest BCUT2D eigenvalue weighted by Crippen LogP contribution is -1.92. The van der Waals surface area contributed by atoms with Crippen molar-refractivity contribution in [1.82, 2.24) is 0 Å². The van der Waals surface area contributed by atoms with Crippen LogP contribution in [0.25, 0.3) is 0 Å². The third-order valence-corrected chi connectivity index (χ3v) is 4.03. The van der Waals surface area contributed by atoms with Crippen LogP contribution in [0.15, 0.2) is 40.9 Å². The summed E-state index contributed by atoms with van der Waals surface area (Å²) in [6, 6.07) is 11.5. The van der Waals surface area contributed by atoms with Crippen LogP contribution in [-0.2, 0) is 6.61 Å². The lowest BCUT2D eigenvalue weighted by Gasteiger charge is -2.12. The Morgan fingerprint density at radius 1 is 1.11 bits per heavy atom. The largest absolute Gasteiger partial charge is 0.457 e. The monoisotopic (exact) mass is 306 g/mol. The SMILES string of the molecule is Cc1cc(Oc2ccccc2CO)cc(C)c1Br. The first-order chi connectivity index (χ1) is 8.61. The molecule has 0 atom stereocenters. The average molecular weight is 307 g/mol. The van der Waals surface area contributed by atoms with Crippen molar-refractivity contribution in [1.29, 1.82) is 0 Å². The Balaban J connectivity index is 2.34. The van der Waals surface area contributed by atoms with Crippen LogP contribution in [0.1, 0.15) is 16.7 Å². The summed E-state index contributed by atoms with van der Waals surface area (Å²) in [5, 5.41) is 9.26. The molecule has 0 aliphatic carbocycles. The zero-order chi connectivity index (χ0) is 13.1. The van der Waals surface area contributed by atoms with Crippen LogP contribution in [0, 0.1) is 13.8 Å². The van der Waals surface area contributed by atoms with E-state index in [0.29, 0.717) is 5.75 Å². The fourth-order valence-electron chi connectivity index (χ4n) is 1.83. The van der Waals surface area contributed by atoms with Crippen LogP contribution >= 0.6 is 15.9 Å². The minimum absolute atomic E-state index is 0.0231. The second-order valence-electron chi connectivity index (χ2n) is 4.24. The van der Waals surface area contributed by atoms with Gasteiger partial charge in [0.05, 0.1) is 6.61 Å². The van der Waals surface area contributed by atoms with E-state index in [1.807, 2.05) is 50.2 Å². The van der Waals surface area contributed by atoms with Gasteiger partial charge in [0.1, 0.15) is 11.5 Å². The van der Waals surface area contributed by atoms with Gasteiger partial charge in [0.2, 0.25) is 0 Å². The quantitative estimate of drug-likeness (QED) is 0.913. The van der Waals surface area contributed by atoms with E-state index in [9.17, 15) is 5.11 Å². The summed E-state index contributed by atoms with van der Waals surface area (Å²) >= 11 is 3.53. The third kappa shape index (κ3) is 2.74. The Kier molecular flexibility index (Phi) is 4.04. The number of halogens is 1. The zero-order valence-corrected chi connectivity index (χ0v) is 12.0. The van der Waals surface area contributed by atoms with E-state index in [1.165, 1.54) is 0 Å². The van der Waals surface area contributed by atoms with E-state index in [4.69, 9.17) is 4.74 Å². The van der Waals surface area contributed by atoms with Gasteiger partial charge in [-0.25, -0.2) is 0 Å². The summed E-state index contributed by atoms with van der Waals surface area (Å²) in [7, 11) is 0. The predicted molar refractivity (Wildman–Crippen MR) is 76.1 cm³/mol. The molecule has 0 saturated carbocycles. The smallest absolute Gasteiger partial charge is 0.132 e. The summed E-state index contributed by atoms with van der Waals surface area (Å²) < 4.78 is 6.94. The van der Waals surface area contributed by atoms with Crippen molar-refractivity contribution in [3.63, 3.8) is 0 Å². The zero-order valence-electron chi connectivity index (χ0n) is 10.4. The van der Waals surface area contributed by atoms with Crippen LogP contribution in [0.2, 0.25) is 0 Å². The highest BCUT2D eigenvalue weighted by Gasteiger charge is 2.06. The Morgan fingerprint density at radius 3 is 2.33 bits per heavy atom. The molecule has 0 unspecified atom stereocenters. The van der Waals surface area contributed by atoms with Gasteiger partial charge in [-0.05, 0) is 43.2 Å². The fourth-order valence-corrected chi connectivity index (χ4v) is 2.06. The molecule has 3 heteroatoms. The van der Waals surface area contributed by atoms with Gasteiger partial charge in [-0.15, -0.1) is 0 Å². The molecule has 94 valence electrons. The highest BCUT2D eigenvalue weighted by atomic mass is 79.9. The molecule has 2 rings (SSSR count). The van der Waals surface area contributed by atoms with E-state index in [1.54, 1.807) is 0 Å². The van der Waals surface area contributed by atoms with Crippen LogP contribution in [-0.4, -0.2) is 5.11 Å². The second kappa shape index (κ2) is 5.55. The molecule has 0 spiro atoms.